The number of benzene rings is 2. The molecule has 8 heteroatoms. The summed E-state index contributed by atoms with van der Waals surface area (Å²) in [6, 6.07) is 8.49. The minimum absolute atomic E-state index is 0.0780. The number of rotatable bonds is 10. The number of amides is 1. The zero-order chi connectivity index (χ0) is 23.0. The lowest BCUT2D eigenvalue weighted by Crippen LogP contribution is -2.15. The lowest BCUT2D eigenvalue weighted by molar-refractivity contribution is -0.142. The predicted molar refractivity (Wildman–Crippen MR) is 118 cm³/mol. The summed E-state index contributed by atoms with van der Waals surface area (Å²) in [5, 5.41) is 2.86. The summed E-state index contributed by atoms with van der Waals surface area (Å²) in [6.45, 7) is 8.11. The second kappa shape index (κ2) is 11.2. The van der Waals surface area contributed by atoms with E-state index in [1.165, 1.54) is 7.11 Å². The Hall–Kier alpha value is -3.26. The van der Waals surface area contributed by atoms with Gasteiger partial charge < -0.3 is 30.0 Å². The molecule has 3 N–H and O–H groups in total. The van der Waals surface area contributed by atoms with E-state index in [0.717, 1.165) is 16.9 Å². The molecule has 0 bridgehead atoms. The van der Waals surface area contributed by atoms with Crippen LogP contribution >= 0.6 is 0 Å². The number of anilines is 1. The lowest BCUT2D eigenvalue weighted by atomic mass is 10.0. The summed E-state index contributed by atoms with van der Waals surface area (Å²) in [6.07, 6.45) is -0.0780. The number of methoxy groups -OCH3 is 1. The van der Waals surface area contributed by atoms with Crippen LogP contribution in [0.4, 0.5) is 5.69 Å². The highest BCUT2D eigenvalue weighted by atomic mass is 16.6. The normalized spacial score (nSPS) is 10.5. The topological polar surface area (TPSA) is 109 Å². The third-order valence-electron chi connectivity index (χ3n) is 4.18. The van der Waals surface area contributed by atoms with E-state index in [1.807, 2.05) is 27.7 Å². The first-order valence-electron chi connectivity index (χ1n) is 10.00. The minimum atomic E-state index is -0.510. The number of nitrogens with two attached hydrogens (primary N) is 1. The third-order valence-corrected chi connectivity index (χ3v) is 4.18. The van der Waals surface area contributed by atoms with Crippen molar-refractivity contribution in [2.45, 2.75) is 33.8 Å². The van der Waals surface area contributed by atoms with Gasteiger partial charge in [0.25, 0.3) is 5.91 Å². The fourth-order valence-electron chi connectivity index (χ4n) is 2.94. The molecule has 0 unspecified atom stereocenters. The smallest absolute Gasteiger partial charge is 0.343 e. The molecule has 0 radical (unpaired) electrons. The predicted octanol–water partition coefficient (Wildman–Crippen LogP) is 3.23. The van der Waals surface area contributed by atoms with E-state index in [1.54, 1.807) is 30.3 Å². The van der Waals surface area contributed by atoms with Crippen LogP contribution in [0.2, 0.25) is 0 Å². The number of carbonyl (C=O) groups excluding carboxylic acids is 2. The van der Waals surface area contributed by atoms with Crippen molar-refractivity contribution in [2.75, 3.05) is 32.2 Å². The highest BCUT2D eigenvalue weighted by Crippen LogP contribution is 2.29. The molecule has 8 nitrogen and oxygen atoms in total. The standard InChI is InChI=1S/C23H30N2O6/c1-14(2)31-20-11-18(10-19(12-20)30-13-21(26)28-5)25-23(27)17-8-15(3)22(16(4)9-17)29-7-6-24/h8-12,14H,6-7,13,24H2,1-5H3,(H,25,27). The van der Waals surface area contributed by atoms with Crippen LogP contribution in [-0.4, -0.2) is 44.8 Å². The molecule has 2 aromatic carbocycles. The number of ether oxygens (including phenoxy) is 4. The number of hydrogen-bond acceptors (Lipinski definition) is 7. The Labute approximate surface area is 182 Å². The SMILES string of the molecule is COC(=O)COc1cc(NC(=O)c2cc(C)c(OCCN)c(C)c2)cc(OC(C)C)c1. The van der Waals surface area contributed by atoms with Gasteiger partial charge in [0.15, 0.2) is 6.61 Å². The molecule has 1 amide bonds. The number of carbonyl (C=O) groups is 2. The van der Waals surface area contributed by atoms with Crippen LogP contribution in [0.5, 0.6) is 17.2 Å². The Balaban J connectivity index is 2.25. The van der Waals surface area contributed by atoms with E-state index >= 15 is 0 Å². The molecule has 0 aliphatic heterocycles. The molecule has 0 heterocycles. The van der Waals surface area contributed by atoms with Crippen LogP contribution < -0.4 is 25.3 Å². The van der Waals surface area contributed by atoms with Crippen LogP contribution in [0.1, 0.15) is 35.3 Å². The molecular weight excluding hydrogens is 400 g/mol. The van der Waals surface area contributed by atoms with Crippen LogP contribution in [-0.2, 0) is 9.53 Å². The first kappa shape index (κ1) is 24.0. The maximum absolute atomic E-state index is 12.9. The van der Waals surface area contributed by atoms with Crippen molar-refractivity contribution in [2.24, 2.45) is 5.73 Å². The fraction of sp³-hybridized carbons (Fsp3) is 0.391. The van der Waals surface area contributed by atoms with Gasteiger partial charge in [0.2, 0.25) is 0 Å². The average Bonchev–Trinajstić information content (AvgIpc) is 2.70. The molecule has 168 valence electrons. The van der Waals surface area contributed by atoms with Crippen LogP contribution in [0.15, 0.2) is 30.3 Å². The second-order valence-electron chi connectivity index (χ2n) is 7.25. The van der Waals surface area contributed by atoms with Crippen LogP contribution in [0.25, 0.3) is 0 Å². The number of esters is 1. The molecule has 2 aromatic rings. The van der Waals surface area contributed by atoms with Crippen molar-refractivity contribution in [3.05, 3.63) is 47.0 Å². The molecule has 0 atom stereocenters. The molecule has 0 saturated carbocycles. The summed E-state index contributed by atoms with van der Waals surface area (Å²) in [7, 11) is 1.28. The van der Waals surface area contributed by atoms with Crippen molar-refractivity contribution in [3.63, 3.8) is 0 Å². The van der Waals surface area contributed by atoms with Gasteiger partial charge in [0.05, 0.1) is 13.2 Å². The molecular formula is C23H30N2O6. The Kier molecular flexibility index (Phi) is 8.69. The molecule has 0 aromatic heterocycles. The average molecular weight is 431 g/mol. The van der Waals surface area contributed by atoms with Gasteiger partial charge in [-0.25, -0.2) is 4.79 Å². The summed E-state index contributed by atoms with van der Waals surface area (Å²) in [5.74, 6) is 0.802. The second-order valence-corrected chi connectivity index (χ2v) is 7.25. The number of aryl methyl sites for hydroxylation is 2. The van der Waals surface area contributed by atoms with Gasteiger partial charge >= 0.3 is 5.97 Å². The zero-order valence-electron chi connectivity index (χ0n) is 18.6. The summed E-state index contributed by atoms with van der Waals surface area (Å²) >= 11 is 0. The molecule has 0 spiro atoms. The maximum atomic E-state index is 12.9. The summed E-state index contributed by atoms with van der Waals surface area (Å²) in [4.78, 5) is 24.3. The summed E-state index contributed by atoms with van der Waals surface area (Å²) in [5.41, 5.74) is 8.16. The molecule has 0 saturated heterocycles. The van der Waals surface area contributed by atoms with Gasteiger partial charge in [-0.1, -0.05) is 0 Å². The molecule has 0 aliphatic carbocycles. The quantitative estimate of drug-likeness (QED) is 0.557. The highest BCUT2D eigenvalue weighted by Gasteiger charge is 2.14. The number of nitrogens with one attached hydrogen (secondary N) is 1. The van der Waals surface area contributed by atoms with E-state index in [-0.39, 0.29) is 18.6 Å². The van der Waals surface area contributed by atoms with Crippen LogP contribution in [0.3, 0.4) is 0 Å². The van der Waals surface area contributed by atoms with Crippen LogP contribution in [0, 0.1) is 13.8 Å². The zero-order valence-corrected chi connectivity index (χ0v) is 18.6. The van der Waals surface area contributed by atoms with Crippen molar-refractivity contribution in [3.8, 4) is 17.2 Å². The molecule has 0 fully saturated rings. The van der Waals surface area contributed by atoms with Crippen molar-refractivity contribution in [1.29, 1.82) is 0 Å². The number of hydrogen-bond donors (Lipinski definition) is 2. The van der Waals surface area contributed by atoms with Gasteiger partial charge in [-0.3, -0.25) is 4.79 Å². The molecule has 31 heavy (non-hydrogen) atoms. The van der Waals surface area contributed by atoms with E-state index in [4.69, 9.17) is 19.9 Å². The first-order chi connectivity index (χ1) is 14.7. The molecule has 2 rings (SSSR count). The van der Waals surface area contributed by atoms with Crippen molar-refractivity contribution < 1.29 is 28.5 Å². The largest absolute Gasteiger partial charge is 0.492 e. The summed E-state index contributed by atoms with van der Waals surface area (Å²) < 4.78 is 21.5. The van der Waals surface area contributed by atoms with Gasteiger partial charge in [-0.05, 0) is 51.0 Å². The van der Waals surface area contributed by atoms with E-state index in [9.17, 15) is 9.59 Å². The van der Waals surface area contributed by atoms with Crippen molar-refractivity contribution in [1.82, 2.24) is 0 Å². The van der Waals surface area contributed by atoms with E-state index in [0.29, 0.717) is 35.9 Å². The Morgan fingerprint density at radius 1 is 1.00 bits per heavy atom. The van der Waals surface area contributed by atoms with E-state index < -0.39 is 5.97 Å². The Morgan fingerprint density at radius 3 is 2.23 bits per heavy atom. The van der Waals surface area contributed by atoms with Gasteiger partial charge in [-0.15, -0.1) is 0 Å². The van der Waals surface area contributed by atoms with E-state index in [2.05, 4.69) is 10.1 Å². The molecule has 0 aliphatic rings. The fourth-order valence-corrected chi connectivity index (χ4v) is 2.94. The monoisotopic (exact) mass is 430 g/mol. The Bertz CT molecular complexity index is 903. The van der Waals surface area contributed by atoms with Gasteiger partial charge in [0, 0.05) is 36.0 Å². The third kappa shape index (κ3) is 7.18. The minimum Gasteiger partial charge on any atom is -0.492 e. The van der Waals surface area contributed by atoms with Gasteiger partial charge in [0.1, 0.15) is 23.9 Å². The van der Waals surface area contributed by atoms with Crippen molar-refractivity contribution >= 4 is 17.6 Å². The first-order valence-corrected chi connectivity index (χ1v) is 10.00. The van der Waals surface area contributed by atoms with Gasteiger partial charge in [-0.2, -0.15) is 0 Å². The highest BCUT2D eigenvalue weighted by molar-refractivity contribution is 6.04. The maximum Gasteiger partial charge on any atom is 0.343 e. The lowest BCUT2D eigenvalue weighted by Gasteiger charge is -2.16. The Morgan fingerprint density at radius 2 is 1.65 bits per heavy atom.